The number of ether oxygens (including phenoxy) is 2. The van der Waals surface area contributed by atoms with Crippen molar-refractivity contribution in [1.82, 2.24) is 9.47 Å². The number of nitrogens with one attached hydrogen (secondary N) is 1. The molecule has 1 aliphatic rings. The summed E-state index contributed by atoms with van der Waals surface area (Å²) in [5.74, 6) is 0. The van der Waals surface area contributed by atoms with E-state index in [-0.39, 0.29) is 12.1 Å². The second kappa shape index (κ2) is 9.15. The molecule has 0 unspecified atom stereocenters. The fraction of sp³-hybridized carbons (Fsp3) is 0.750. The number of anilines is 1. The molecule has 7 heteroatoms. The maximum Gasteiger partial charge on any atom is 0.410 e. The van der Waals surface area contributed by atoms with Gasteiger partial charge in [0.25, 0.3) is 0 Å². The molecular weight excluding hydrogens is 358 g/mol. The molecule has 6 nitrogen and oxygen atoms in total. The summed E-state index contributed by atoms with van der Waals surface area (Å²) in [6.45, 7) is 15.6. The van der Waals surface area contributed by atoms with Crippen LogP contribution in [0.1, 0.15) is 33.6 Å². The lowest BCUT2D eigenvalue weighted by molar-refractivity contribution is 0.0206. The van der Waals surface area contributed by atoms with Crippen LogP contribution in [0.4, 0.5) is 10.5 Å². The molecule has 154 valence electrons. The molecular formula is C20H37N3O3Si. The van der Waals surface area contributed by atoms with E-state index in [0.717, 1.165) is 31.7 Å². The highest BCUT2D eigenvalue weighted by Gasteiger charge is 2.27. The summed E-state index contributed by atoms with van der Waals surface area (Å²) < 4.78 is 13.4. The number of hydrogen-bond acceptors (Lipinski definition) is 4. The normalized spacial score (nSPS) is 18.4. The minimum atomic E-state index is -1.04. The Morgan fingerprint density at radius 2 is 2.07 bits per heavy atom. The second-order valence-corrected chi connectivity index (χ2v) is 15.3. The van der Waals surface area contributed by atoms with E-state index in [0.29, 0.717) is 13.3 Å². The zero-order valence-electron chi connectivity index (χ0n) is 17.9. The summed E-state index contributed by atoms with van der Waals surface area (Å²) in [7, 11) is -1.04. The van der Waals surface area contributed by atoms with Gasteiger partial charge in [-0.1, -0.05) is 19.6 Å². The standard InChI is InChI=1S/C20H37N3O3Si/c1-20(2,3)26-19(24)23-10-7-8-17(15-23)21-18-9-11-22(14-18)16-25-12-13-27(4,5)6/h9,11,14,17,21H,7-8,10,12-13,15-16H2,1-6H3/t17-/m1/s1. The van der Waals surface area contributed by atoms with Crippen LogP contribution in [0.3, 0.4) is 0 Å². The van der Waals surface area contributed by atoms with E-state index >= 15 is 0 Å². The van der Waals surface area contributed by atoms with Crippen LogP contribution in [0.15, 0.2) is 18.5 Å². The Morgan fingerprint density at radius 3 is 2.74 bits per heavy atom. The Bertz CT molecular complexity index is 604. The van der Waals surface area contributed by atoms with Crippen molar-refractivity contribution in [3.63, 3.8) is 0 Å². The number of nitrogens with zero attached hydrogens (tertiary/aromatic N) is 2. The number of carbonyl (C=O) groups excluding carboxylic acids is 1. The van der Waals surface area contributed by atoms with Crippen molar-refractivity contribution in [2.24, 2.45) is 0 Å². The Balaban J connectivity index is 1.78. The summed E-state index contributed by atoms with van der Waals surface area (Å²) in [5, 5.41) is 3.54. The monoisotopic (exact) mass is 395 g/mol. The van der Waals surface area contributed by atoms with Crippen LogP contribution < -0.4 is 5.32 Å². The highest BCUT2D eigenvalue weighted by Crippen LogP contribution is 2.19. The lowest BCUT2D eigenvalue weighted by Crippen LogP contribution is -2.46. The minimum absolute atomic E-state index is 0.220. The van der Waals surface area contributed by atoms with Gasteiger partial charge in [0.05, 0.1) is 5.69 Å². The molecule has 27 heavy (non-hydrogen) atoms. The molecule has 0 aliphatic carbocycles. The largest absolute Gasteiger partial charge is 0.444 e. The van der Waals surface area contributed by atoms with Gasteiger partial charge in [0.15, 0.2) is 0 Å². The summed E-state index contributed by atoms with van der Waals surface area (Å²) in [5.41, 5.74) is 0.615. The number of piperidine rings is 1. The molecule has 0 spiro atoms. The first kappa shape index (κ1) is 21.8. The van der Waals surface area contributed by atoms with Crippen LogP contribution in [-0.2, 0) is 16.2 Å². The fourth-order valence-corrected chi connectivity index (χ4v) is 3.73. The van der Waals surface area contributed by atoms with Crippen molar-refractivity contribution in [3.05, 3.63) is 18.5 Å². The maximum atomic E-state index is 12.3. The van der Waals surface area contributed by atoms with E-state index in [1.54, 1.807) is 0 Å². The van der Waals surface area contributed by atoms with Gasteiger partial charge in [0.1, 0.15) is 12.3 Å². The molecule has 1 amide bonds. The van der Waals surface area contributed by atoms with Gasteiger partial charge in [-0.2, -0.15) is 0 Å². The quantitative estimate of drug-likeness (QED) is 0.541. The van der Waals surface area contributed by atoms with Crippen molar-refractivity contribution in [2.75, 3.05) is 25.0 Å². The average Bonchev–Trinajstić information content (AvgIpc) is 2.97. The number of likely N-dealkylation sites (tertiary alicyclic amines) is 1. The van der Waals surface area contributed by atoms with Gasteiger partial charge in [-0.3, -0.25) is 0 Å². The predicted molar refractivity (Wildman–Crippen MR) is 113 cm³/mol. The Kier molecular flexibility index (Phi) is 7.39. The highest BCUT2D eigenvalue weighted by molar-refractivity contribution is 6.76. The van der Waals surface area contributed by atoms with E-state index in [9.17, 15) is 4.79 Å². The molecule has 1 atom stereocenters. The average molecular weight is 396 g/mol. The maximum absolute atomic E-state index is 12.3. The van der Waals surface area contributed by atoms with Gasteiger partial charge >= 0.3 is 6.09 Å². The van der Waals surface area contributed by atoms with Crippen LogP contribution in [-0.4, -0.2) is 55.0 Å². The van der Waals surface area contributed by atoms with Gasteiger partial charge in [-0.05, 0) is 45.7 Å². The molecule has 0 radical (unpaired) electrons. The first-order valence-electron chi connectivity index (χ1n) is 10.00. The lowest BCUT2D eigenvalue weighted by atomic mass is 10.1. The van der Waals surface area contributed by atoms with E-state index in [1.165, 1.54) is 6.04 Å². The molecule has 1 fully saturated rings. The SMILES string of the molecule is CC(C)(C)OC(=O)N1CCC[C@@H](Nc2ccn(COCC[Si](C)(C)C)c2)C1. The van der Waals surface area contributed by atoms with Crippen molar-refractivity contribution >= 4 is 19.9 Å². The van der Waals surface area contributed by atoms with Gasteiger partial charge in [0.2, 0.25) is 0 Å². The summed E-state index contributed by atoms with van der Waals surface area (Å²) >= 11 is 0. The molecule has 1 N–H and O–H groups in total. The van der Waals surface area contributed by atoms with Crippen LogP contribution in [0, 0.1) is 0 Å². The molecule has 2 rings (SSSR count). The minimum Gasteiger partial charge on any atom is -0.444 e. The number of aromatic nitrogens is 1. The number of hydrogen-bond donors (Lipinski definition) is 1. The van der Waals surface area contributed by atoms with Crippen LogP contribution in [0.25, 0.3) is 0 Å². The van der Waals surface area contributed by atoms with E-state index in [1.807, 2.05) is 31.9 Å². The van der Waals surface area contributed by atoms with Gasteiger partial charge < -0.3 is 24.3 Å². The molecule has 1 aliphatic heterocycles. The third-order valence-corrected chi connectivity index (χ3v) is 6.14. The van der Waals surface area contributed by atoms with Crippen LogP contribution in [0.2, 0.25) is 25.7 Å². The Hall–Kier alpha value is -1.47. The summed E-state index contributed by atoms with van der Waals surface area (Å²) in [6, 6.07) is 3.49. The smallest absolute Gasteiger partial charge is 0.410 e. The molecule has 0 aromatic carbocycles. The van der Waals surface area contributed by atoms with Crippen LogP contribution in [0.5, 0.6) is 0 Å². The van der Waals surface area contributed by atoms with E-state index in [2.05, 4.69) is 41.8 Å². The third kappa shape index (κ3) is 8.39. The Morgan fingerprint density at radius 1 is 1.33 bits per heavy atom. The topological polar surface area (TPSA) is 55.7 Å². The summed E-state index contributed by atoms with van der Waals surface area (Å²) in [6.07, 6.45) is 5.92. The van der Waals surface area contributed by atoms with Gasteiger partial charge in [0, 0.05) is 46.2 Å². The van der Waals surface area contributed by atoms with Crippen LogP contribution >= 0.6 is 0 Å². The third-order valence-electron chi connectivity index (χ3n) is 4.43. The van der Waals surface area contributed by atoms with Crippen molar-refractivity contribution in [1.29, 1.82) is 0 Å². The zero-order chi connectivity index (χ0) is 20.1. The fourth-order valence-electron chi connectivity index (χ4n) is 2.98. The van der Waals surface area contributed by atoms with Crippen molar-refractivity contribution < 1.29 is 14.3 Å². The predicted octanol–water partition coefficient (Wildman–Crippen LogP) is 4.61. The van der Waals surface area contributed by atoms with E-state index in [4.69, 9.17) is 9.47 Å². The lowest BCUT2D eigenvalue weighted by Gasteiger charge is -2.34. The second-order valence-electron chi connectivity index (χ2n) is 9.67. The summed E-state index contributed by atoms with van der Waals surface area (Å²) in [4.78, 5) is 14.1. The molecule has 1 saturated heterocycles. The number of amides is 1. The first-order valence-corrected chi connectivity index (χ1v) is 13.7. The zero-order valence-corrected chi connectivity index (χ0v) is 18.9. The molecule has 2 heterocycles. The van der Waals surface area contributed by atoms with Crippen molar-refractivity contribution in [2.45, 2.75) is 77.7 Å². The van der Waals surface area contributed by atoms with Gasteiger partial charge in [-0.15, -0.1) is 0 Å². The van der Waals surface area contributed by atoms with Gasteiger partial charge in [-0.25, -0.2) is 4.79 Å². The number of carbonyl (C=O) groups is 1. The van der Waals surface area contributed by atoms with E-state index < -0.39 is 13.7 Å². The molecule has 1 aromatic heterocycles. The Labute approximate surface area is 165 Å². The molecule has 0 bridgehead atoms. The van der Waals surface area contributed by atoms with Crippen molar-refractivity contribution in [3.8, 4) is 0 Å². The highest BCUT2D eigenvalue weighted by atomic mass is 28.3. The molecule has 0 saturated carbocycles. The number of rotatable bonds is 7. The first-order chi connectivity index (χ1) is 12.5. The molecule has 1 aromatic rings.